The van der Waals surface area contributed by atoms with Crippen molar-refractivity contribution in [1.82, 2.24) is 0 Å². The average molecular weight is 497 g/mol. The summed E-state index contributed by atoms with van der Waals surface area (Å²) in [7, 11) is 0. The van der Waals surface area contributed by atoms with Gasteiger partial charge in [0.15, 0.2) is 0 Å². The third kappa shape index (κ3) is 4.57. The van der Waals surface area contributed by atoms with Gasteiger partial charge in [-0.3, -0.25) is 0 Å². The van der Waals surface area contributed by atoms with Crippen molar-refractivity contribution in [2.24, 2.45) is 0 Å². The summed E-state index contributed by atoms with van der Waals surface area (Å²) in [4.78, 5) is 0. The van der Waals surface area contributed by atoms with Gasteiger partial charge in [-0.15, -0.1) is 0 Å². The maximum atomic E-state index is 6.09. The maximum absolute atomic E-state index is 6.09. The Morgan fingerprint density at radius 2 is 1.57 bits per heavy atom. The summed E-state index contributed by atoms with van der Waals surface area (Å²) in [6, 6.07) is 29.1. The molecule has 4 rings (SSSR count). The number of hydrogen-bond acceptors (Lipinski definition) is 2. The first-order valence-electron chi connectivity index (χ1n) is 9.06. The second-order valence-corrected chi connectivity index (χ2v) is 8.32. The average Bonchev–Trinajstić information content (AvgIpc) is 2.73. The molecule has 0 saturated carbocycles. The fourth-order valence-electron chi connectivity index (χ4n) is 3.12. The minimum absolute atomic E-state index is 0.538. The molecule has 0 amide bonds. The number of fused-ring (bicyclic) bond motifs is 1. The van der Waals surface area contributed by atoms with Crippen LogP contribution in [0.15, 0.2) is 93.9 Å². The quantitative estimate of drug-likeness (QED) is 0.297. The van der Waals surface area contributed by atoms with E-state index in [0.717, 1.165) is 26.9 Å². The Hall–Kier alpha value is -2.30. The van der Waals surface area contributed by atoms with Gasteiger partial charge in [0.25, 0.3) is 0 Å². The van der Waals surface area contributed by atoms with Crippen LogP contribution in [0.3, 0.4) is 0 Å². The number of nitrogens with one attached hydrogen (secondary N) is 1. The van der Waals surface area contributed by atoms with E-state index in [4.69, 9.17) is 4.74 Å². The van der Waals surface area contributed by atoms with E-state index >= 15 is 0 Å². The Balaban J connectivity index is 1.42. The van der Waals surface area contributed by atoms with Gasteiger partial charge in [0.05, 0.1) is 4.47 Å². The second-order valence-electron chi connectivity index (χ2n) is 6.55. The first kappa shape index (κ1) is 19.0. The van der Waals surface area contributed by atoms with E-state index in [-0.39, 0.29) is 0 Å². The molecule has 4 aromatic rings. The molecule has 0 saturated heterocycles. The summed E-state index contributed by atoms with van der Waals surface area (Å²) in [6.45, 7) is 1.29. The molecule has 140 valence electrons. The highest BCUT2D eigenvalue weighted by molar-refractivity contribution is 9.10. The molecule has 0 spiro atoms. The zero-order chi connectivity index (χ0) is 19.3. The van der Waals surface area contributed by atoms with Gasteiger partial charge >= 0.3 is 0 Å². The molecule has 0 aliphatic rings. The molecule has 0 aliphatic heterocycles. The zero-order valence-corrected chi connectivity index (χ0v) is 18.3. The molecule has 4 aromatic carbocycles. The predicted octanol–water partition coefficient (Wildman–Crippen LogP) is 7.56. The summed E-state index contributed by atoms with van der Waals surface area (Å²) < 4.78 is 8.13. The van der Waals surface area contributed by atoms with Crippen molar-refractivity contribution in [3.8, 4) is 5.75 Å². The molecule has 0 aromatic heterocycles. The fraction of sp³-hybridized carbons (Fsp3) is 0.0833. The van der Waals surface area contributed by atoms with Gasteiger partial charge in [-0.25, -0.2) is 0 Å². The van der Waals surface area contributed by atoms with Crippen LogP contribution in [0.25, 0.3) is 10.8 Å². The third-order valence-corrected chi connectivity index (χ3v) is 5.75. The van der Waals surface area contributed by atoms with Crippen LogP contribution in [0.1, 0.15) is 11.1 Å². The van der Waals surface area contributed by atoms with E-state index in [9.17, 15) is 0 Å². The van der Waals surface area contributed by atoms with E-state index in [2.05, 4.69) is 104 Å². The molecule has 0 atom stereocenters. The molecular weight excluding hydrogens is 478 g/mol. The summed E-state index contributed by atoms with van der Waals surface area (Å²) in [5.74, 6) is 0.848. The lowest BCUT2D eigenvalue weighted by molar-refractivity contribution is 0.305. The Labute approximate surface area is 181 Å². The van der Waals surface area contributed by atoms with Crippen LogP contribution in [0.4, 0.5) is 5.69 Å². The first-order valence-corrected chi connectivity index (χ1v) is 10.6. The van der Waals surface area contributed by atoms with Gasteiger partial charge in [-0.2, -0.15) is 0 Å². The van der Waals surface area contributed by atoms with E-state index in [0.29, 0.717) is 6.61 Å². The minimum atomic E-state index is 0.538. The monoisotopic (exact) mass is 495 g/mol. The number of ether oxygens (including phenoxy) is 1. The Morgan fingerprint density at radius 3 is 2.39 bits per heavy atom. The van der Waals surface area contributed by atoms with Crippen LogP contribution >= 0.6 is 31.9 Å². The molecule has 0 heterocycles. The molecular formula is C24H19Br2NO. The van der Waals surface area contributed by atoms with Crippen LogP contribution in [0.5, 0.6) is 5.75 Å². The number of halogens is 2. The molecule has 1 N–H and O–H groups in total. The van der Waals surface area contributed by atoms with E-state index in [1.165, 1.54) is 21.9 Å². The molecule has 0 radical (unpaired) electrons. The Bertz CT molecular complexity index is 1090. The molecule has 0 fully saturated rings. The van der Waals surface area contributed by atoms with Crippen LogP contribution in [-0.2, 0) is 13.2 Å². The van der Waals surface area contributed by atoms with Crippen LogP contribution in [0.2, 0.25) is 0 Å². The van der Waals surface area contributed by atoms with Crippen LogP contribution in [0, 0.1) is 0 Å². The van der Waals surface area contributed by atoms with Gasteiger partial charge < -0.3 is 10.1 Å². The van der Waals surface area contributed by atoms with Crippen molar-refractivity contribution in [2.75, 3.05) is 5.32 Å². The van der Waals surface area contributed by atoms with Crippen LogP contribution < -0.4 is 10.1 Å². The van der Waals surface area contributed by atoms with E-state index in [1.807, 2.05) is 18.2 Å². The van der Waals surface area contributed by atoms with Gasteiger partial charge in [-0.1, -0.05) is 64.5 Å². The van der Waals surface area contributed by atoms with Crippen LogP contribution in [-0.4, -0.2) is 0 Å². The topological polar surface area (TPSA) is 21.3 Å². The minimum Gasteiger partial charge on any atom is -0.488 e. The molecule has 2 nitrogen and oxygen atoms in total. The molecule has 0 aliphatic carbocycles. The van der Waals surface area contributed by atoms with Crippen molar-refractivity contribution in [1.29, 1.82) is 0 Å². The van der Waals surface area contributed by atoms with Gasteiger partial charge in [0, 0.05) is 16.7 Å². The summed E-state index contributed by atoms with van der Waals surface area (Å²) in [6.07, 6.45) is 0. The zero-order valence-electron chi connectivity index (χ0n) is 15.2. The van der Waals surface area contributed by atoms with Gasteiger partial charge in [0.1, 0.15) is 12.4 Å². The van der Waals surface area contributed by atoms with E-state index < -0.39 is 0 Å². The Kier molecular flexibility index (Phi) is 5.98. The lowest BCUT2D eigenvalue weighted by atomic mass is 10.1. The molecule has 0 unspecified atom stereocenters. The second kappa shape index (κ2) is 8.80. The van der Waals surface area contributed by atoms with Crippen molar-refractivity contribution in [3.05, 3.63) is 105 Å². The smallest absolute Gasteiger partial charge is 0.134 e. The van der Waals surface area contributed by atoms with Crippen molar-refractivity contribution >= 4 is 48.3 Å². The van der Waals surface area contributed by atoms with Gasteiger partial charge in [0.2, 0.25) is 0 Å². The normalized spacial score (nSPS) is 10.8. The highest BCUT2D eigenvalue weighted by atomic mass is 79.9. The first-order chi connectivity index (χ1) is 13.7. The number of rotatable bonds is 6. The molecule has 0 bridgehead atoms. The van der Waals surface area contributed by atoms with Crippen molar-refractivity contribution < 1.29 is 4.74 Å². The van der Waals surface area contributed by atoms with Gasteiger partial charge in [-0.05, 0) is 74.2 Å². The Morgan fingerprint density at radius 1 is 0.786 bits per heavy atom. The summed E-state index contributed by atoms with van der Waals surface area (Å²) in [5, 5.41) is 5.90. The van der Waals surface area contributed by atoms with Crippen molar-refractivity contribution in [3.63, 3.8) is 0 Å². The number of benzene rings is 4. The SMILES string of the molecule is Brc1ccc(NCc2ccc(OCc3cccc4ccccc34)c(Br)c2)cc1. The van der Waals surface area contributed by atoms with Crippen molar-refractivity contribution in [2.45, 2.75) is 13.2 Å². The lowest BCUT2D eigenvalue weighted by Crippen LogP contribution is -2.01. The standard InChI is InChI=1S/C24H19Br2NO/c25-20-9-11-21(12-10-20)27-15-17-8-13-24(23(26)14-17)28-16-19-6-3-5-18-4-1-2-7-22(18)19/h1-14,27H,15-16H2. The number of anilines is 1. The maximum Gasteiger partial charge on any atom is 0.134 e. The molecule has 4 heteroatoms. The predicted molar refractivity (Wildman–Crippen MR) is 124 cm³/mol. The molecule has 28 heavy (non-hydrogen) atoms. The lowest BCUT2D eigenvalue weighted by Gasteiger charge is -2.12. The number of hydrogen-bond donors (Lipinski definition) is 1. The summed E-state index contributed by atoms with van der Waals surface area (Å²) in [5.41, 5.74) is 3.47. The third-order valence-electron chi connectivity index (χ3n) is 4.60. The largest absolute Gasteiger partial charge is 0.488 e. The highest BCUT2D eigenvalue weighted by Gasteiger charge is 2.06. The highest BCUT2D eigenvalue weighted by Crippen LogP contribution is 2.28. The fourth-order valence-corrected chi connectivity index (χ4v) is 3.92. The van der Waals surface area contributed by atoms with E-state index in [1.54, 1.807) is 0 Å². The summed E-state index contributed by atoms with van der Waals surface area (Å²) >= 11 is 7.10.